The third-order valence-electron chi connectivity index (χ3n) is 5.68. The first-order chi connectivity index (χ1) is 15.1. The lowest BCUT2D eigenvalue weighted by molar-refractivity contribution is 0.342. The van der Waals surface area contributed by atoms with E-state index in [1.165, 1.54) is 11.3 Å². The molecule has 6 nitrogen and oxygen atoms in total. The smallest absolute Gasteiger partial charge is 0.263 e. The highest BCUT2D eigenvalue weighted by molar-refractivity contribution is 7.25. The molecule has 0 bridgehead atoms. The van der Waals surface area contributed by atoms with Crippen molar-refractivity contribution in [2.75, 3.05) is 13.7 Å². The van der Waals surface area contributed by atoms with Crippen LogP contribution in [-0.2, 0) is 6.54 Å². The van der Waals surface area contributed by atoms with Crippen molar-refractivity contribution in [3.05, 3.63) is 64.5 Å². The molecule has 0 spiro atoms. The largest absolute Gasteiger partial charge is 0.506 e. The van der Waals surface area contributed by atoms with E-state index in [0.29, 0.717) is 38.6 Å². The Labute approximate surface area is 182 Å². The second-order valence-corrected chi connectivity index (χ2v) is 8.67. The van der Waals surface area contributed by atoms with Gasteiger partial charge >= 0.3 is 0 Å². The van der Waals surface area contributed by atoms with Crippen LogP contribution in [0.5, 0.6) is 11.5 Å². The normalized spacial score (nSPS) is 14.1. The molecule has 1 aliphatic carbocycles. The van der Waals surface area contributed by atoms with Crippen LogP contribution in [0.15, 0.2) is 53.3 Å². The third kappa shape index (κ3) is 3.40. The van der Waals surface area contributed by atoms with Crippen LogP contribution in [0.25, 0.3) is 31.7 Å². The van der Waals surface area contributed by atoms with Gasteiger partial charge in [-0.1, -0.05) is 24.3 Å². The number of allylic oxidation sites excluding steroid dienone is 1. The summed E-state index contributed by atoms with van der Waals surface area (Å²) in [6.07, 6.45) is 5.60. The Morgan fingerprint density at radius 3 is 2.84 bits per heavy atom. The van der Waals surface area contributed by atoms with Gasteiger partial charge < -0.3 is 14.9 Å². The number of phenols is 1. The maximum absolute atomic E-state index is 13.6. The number of hydrogen-bond donors (Lipinski definition) is 2. The molecule has 2 aromatic heterocycles. The fraction of sp³-hybridized carbons (Fsp3) is 0.250. The van der Waals surface area contributed by atoms with Gasteiger partial charge in [-0.3, -0.25) is 9.36 Å². The molecular weight excluding hydrogens is 412 g/mol. The van der Waals surface area contributed by atoms with Crippen molar-refractivity contribution < 1.29 is 14.9 Å². The number of phenolic OH excluding ortho intramolecular Hbond substituents is 1. The Morgan fingerprint density at radius 1 is 1.26 bits per heavy atom. The van der Waals surface area contributed by atoms with Crippen molar-refractivity contribution in [2.45, 2.75) is 25.3 Å². The number of hydrogen-bond acceptors (Lipinski definition) is 6. The summed E-state index contributed by atoms with van der Waals surface area (Å²) in [4.78, 5) is 19.2. The molecule has 5 rings (SSSR count). The van der Waals surface area contributed by atoms with E-state index in [1.54, 1.807) is 36.0 Å². The van der Waals surface area contributed by atoms with Crippen molar-refractivity contribution >= 4 is 31.6 Å². The van der Waals surface area contributed by atoms with Gasteiger partial charge in [0.05, 0.1) is 23.8 Å². The minimum Gasteiger partial charge on any atom is -0.506 e. The molecule has 2 heterocycles. The SMILES string of the molecule is COc1ccc(-c2nc3sc4c(O)cccc4c3c(=O)n2C/C=C/CO)c(C2CC2)c1. The standard InChI is InChI=1S/C24H22N2O4S/c1-30-15-9-10-16(18(13-15)14-7-8-14)22-25-23-20(24(29)26(22)11-2-3-12-27)17-5-4-6-19(28)21(17)31-23/h2-6,9-10,13-14,27-28H,7-8,11-12H2,1H3/b3-2+. The zero-order valence-corrected chi connectivity index (χ0v) is 17.9. The van der Waals surface area contributed by atoms with E-state index in [-0.39, 0.29) is 17.9 Å². The van der Waals surface area contributed by atoms with Crippen molar-refractivity contribution in [3.63, 3.8) is 0 Å². The summed E-state index contributed by atoms with van der Waals surface area (Å²) in [5, 5.41) is 20.7. The zero-order chi connectivity index (χ0) is 21.5. The van der Waals surface area contributed by atoms with Crippen molar-refractivity contribution in [2.24, 2.45) is 0 Å². The van der Waals surface area contributed by atoms with Crippen LogP contribution in [0.4, 0.5) is 0 Å². The lowest BCUT2D eigenvalue weighted by Gasteiger charge is -2.15. The van der Waals surface area contributed by atoms with E-state index < -0.39 is 0 Å². The highest BCUT2D eigenvalue weighted by Crippen LogP contribution is 2.46. The highest BCUT2D eigenvalue weighted by atomic mass is 32.1. The summed E-state index contributed by atoms with van der Waals surface area (Å²) in [6.45, 7) is 0.203. The Kier molecular flexibility index (Phi) is 5.00. The van der Waals surface area contributed by atoms with Gasteiger partial charge in [0.25, 0.3) is 5.56 Å². The molecule has 158 valence electrons. The summed E-state index contributed by atoms with van der Waals surface area (Å²) in [6, 6.07) is 11.1. The fourth-order valence-corrected chi connectivity index (χ4v) is 5.08. The number of aliphatic hydroxyl groups excluding tert-OH is 1. The van der Waals surface area contributed by atoms with Crippen LogP contribution in [0.2, 0.25) is 0 Å². The quantitative estimate of drug-likeness (QED) is 0.439. The first kappa shape index (κ1) is 19.8. The predicted octanol–water partition coefficient (Wildman–Crippen LogP) is 4.42. The minimum absolute atomic E-state index is 0.0924. The number of thiophene rings is 1. The first-order valence-corrected chi connectivity index (χ1v) is 11.0. The van der Waals surface area contributed by atoms with E-state index in [0.717, 1.165) is 29.7 Å². The van der Waals surface area contributed by atoms with Gasteiger partial charge in [-0.25, -0.2) is 4.98 Å². The number of aromatic hydroxyl groups is 1. The molecular formula is C24H22N2O4S. The topological polar surface area (TPSA) is 84.6 Å². The molecule has 4 aromatic rings. The van der Waals surface area contributed by atoms with Gasteiger partial charge in [-0.15, -0.1) is 11.3 Å². The van der Waals surface area contributed by atoms with E-state index in [1.807, 2.05) is 24.3 Å². The maximum atomic E-state index is 13.6. The molecule has 7 heteroatoms. The van der Waals surface area contributed by atoms with E-state index in [9.17, 15) is 9.90 Å². The summed E-state index contributed by atoms with van der Waals surface area (Å²) in [7, 11) is 1.65. The average Bonchev–Trinajstić information content (AvgIpc) is 3.55. The lowest BCUT2D eigenvalue weighted by Crippen LogP contribution is -2.23. The monoisotopic (exact) mass is 434 g/mol. The molecule has 0 atom stereocenters. The molecule has 0 amide bonds. The number of aromatic nitrogens is 2. The summed E-state index contributed by atoms with van der Waals surface area (Å²) < 4.78 is 7.74. The number of benzene rings is 2. The van der Waals surface area contributed by atoms with Crippen molar-refractivity contribution in [1.82, 2.24) is 9.55 Å². The molecule has 1 saturated carbocycles. The van der Waals surface area contributed by atoms with Crippen molar-refractivity contribution in [3.8, 4) is 22.9 Å². The summed E-state index contributed by atoms with van der Waals surface area (Å²) in [5.74, 6) is 1.96. The number of nitrogens with zero attached hydrogens (tertiary/aromatic N) is 2. The number of methoxy groups -OCH3 is 1. The molecule has 1 fully saturated rings. The molecule has 2 aromatic carbocycles. The van der Waals surface area contributed by atoms with Crippen LogP contribution in [0, 0.1) is 0 Å². The highest BCUT2D eigenvalue weighted by Gasteiger charge is 2.29. The van der Waals surface area contributed by atoms with Gasteiger partial charge in [0, 0.05) is 17.5 Å². The Hall–Kier alpha value is -3.16. The predicted molar refractivity (Wildman–Crippen MR) is 123 cm³/mol. The van der Waals surface area contributed by atoms with Gasteiger partial charge in [0.2, 0.25) is 0 Å². The maximum Gasteiger partial charge on any atom is 0.263 e. The van der Waals surface area contributed by atoms with Crippen LogP contribution >= 0.6 is 11.3 Å². The van der Waals surface area contributed by atoms with Gasteiger partial charge in [0.15, 0.2) is 0 Å². The minimum atomic E-state index is -0.156. The number of ether oxygens (including phenoxy) is 1. The Bertz CT molecular complexity index is 1380. The Balaban J connectivity index is 1.82. The second kappa shape index (κ2) is 7.83. The molecule has 0 saturated heterocycles. The van der Waals surface area contributed by atoms with Crippen LogP contribution in [-0.4, -0.2) is 33.5 Å². The van der Waals surface area contributed by atoms with Crippen molar-refractivity contribution in [1.29, 1.82) is 0 Å². The molecule has 31 heavy (non-hydrogen) atoms. The van der Waals surface area contributed by atoms with E-state index in [4.69, 9.17) is 14.8 Å². The summed E-state index contributed by atoms with van der Waals surface area (Å²) in [5.41, 5.74) is 1.90. The fourth-order valence-electron chi connectivity index (χ4n) is 4.00. The average molecular weight is 435 g/mol. The number of fused-ring (bicyclic) bond motifs is 3. The van der Waals surface area contributed by atoms with E-state index in [2.05, 4.69) is 0 Å². The molecule has 0 unspecified atom stereocenters. The molecule has 1 aliphatic rings. The first-order valence-electron chi connectivity index (χ1n) is 10.2. The van der Waals surface area contributed by atoms with E-state index >= 15 is 0 Å². The van der Waals surface area contributed by atoms with Crippen LogP contribution < -0.4 is 10.3 Å². The molecule has 2 N–H and O–H groups in total. The Morgan fingerprint density at radius 2 is 2.10 bits per heavy atom. The van der Waals surface area contributed by atoms with Gasteiger partial charge in [-0.05, 0) is 48.6 Å². The van der Waals surface area contributed by atoms with Crippen LogP contribution in [0.3, 0.4) is 0 Å². The molecule has 0 aliphatic heterocycles. The summed E-state index contributed by atoms with van der Waals surface area (Å²) >= 11 is 1.33. The third-order valence-corrected chi connectivity index (χ3v) is 6.80. The number of aliphatic hydroxyl groups is 1. The van der Waals surface area contributed by atoms with Gasteiger partial charge in [-0.2, -0.15) is 0 Å². The zero-order valence-electron chi connectivity index (χ0n) is 17.0. The second-order valence-electron chi connectivity index (χ2n) is 7.67. The van der Waals surface area contributed by atoms with Gasteiger partial charge in [0.1, 0.15) is 22.2 Å². The lowest BCUT2D eigenvalue weighted by atomic mass is 10.0. The van der Waals surface area contributed by atoms with Crippen LogP contribution in [0.1, 0.15) is 24.3 Å². The molecule has 0 radical (unpaired) electrons. The number of rotatable bonds is 6.